The largest absolute Gasteiger partial charge is 0.323 e. The lowest BCUT2D eigenvalue weighted by Crippen LogP contribution is -2.25. The number of urea groups is 1. The summed E-state index contributed by atoms with van der Waals surface area (Å²) in [6, 6.07) is 5.88. The summed E-state index contributed by atoms with van der Waals surface area (Å²) in [5, 5.41) is 5.66. The highest BCUT2D eigenvalue weighted by Gasteiger charge is 2.10. The van der Waals surface area contributed by atoms with Crippen LogP contribution in [0.25, 0.3) is 0 Å². The fraction of sp³-hybridized carbons (Fsp3) is 0.438. The third kappa shape index (κ3) is 4.78. The van der Waals surface area contributed by atoms with Crippen LogP contribution in [0.4, 0.5) is 10.5 Å². The minimum Gasteiger partial charge on any atom is -0.315 e. The molecular formula is C16H24N2O. The number of anilines is 1. The first-order chi connectivity index (χ1) is 8.91. The summed E-state index contributed by atoms with van der Waals surface area (Å²) in [6.45, 7) is 10.4. The van der Waals surface area contributed by atoms with Crippen LogP contribution in [-0.4, -0.2) is 6.03 Å². The summed E-state index contributed by atoms with van der Waals surface area (Å²) >= 11 is 0. The molecule has 0 radical (unpaired) electrons. The molecule has 3 heteroatoms. The molecule has 0 atom stereocenters. The molecule has 0 unspecified atom stereocenters. The number of allylic oxidation sites excluding steroid dienone is 1. The van der Waals surface area contributed by atoms with E-state index in [2.05, 4.69) is 44.4 Å². The number of carbonyl (C=O) groups is 1. The highest BCUT2D eigenvalue weighted by molar-refractivity contribution is 5.91. The summed E-state index contributed by atoms with van der Waals surface area (Å²) in [5.41, 5.74) is 3.14. The van der Waals surface area contributed by atoms with Crippen molar-refractivity contribution in [1.29, 1.82) is 0 Å². The highest BCUT2D eigenvalue weighted by Crippen LogP contribution is 2.27. The molecule has 0 aliphatic rings. The molecule has 0 aliphatic heterocycles. The Morgan fingerprint density at radius 3 is 2.47 bits per heavy atom. The first-order valence-corrected chi connectivity index (χ1v) is 6.75. The normalized spacial score (nSPS) is 11.3. The Balaban J connectivity index is 2.79. The van der Waals surface area contributed by atoms with Gasteiger partial charge in [-0.3, -0.25) is 0 Å². The van der Waals surface area contributed by atoms with Gasteiger partial charge < -0.3 is 10.6 Å². The van der Waals surface area contributed by atoms with Crippen molar-refractivity contribution >= 4 is 11.7 Å². The number of amides is 2. The molecule has 0 heterocycles. The monoisotopic (exact) mass is 260 g/mol. The van der Waals surface area contributed by atoms with Crippen molar-refractivity contribution in [3.05, 3.63) is 41.6 Å². The van der Waals surface area contributed by atoms with Gasteiger partial charge in [0, 0.05) is 11.9 Å². The number of aryl methyl sites for hydroxylation is 1. The SMILES string of the molecule is Cc1cccc(C(C)C)c1NC(=O)N/C=C/C(C)C. The van der Waals surface area contributed by atoms with Gasteiger partial charge in [0.2, 0.25) is 0 Å². The predicted molar refractivity (Wildman–Crippen MR) is 81.4 cm³/mol. The second-order valence-corrected chi connectivity index (χ2v) is 5.40. The van der Waals surface area contributed by atoms with Gasteiger partial charge in [0.05, 0.1) is 0 Å². The van der Waals surface area contributed by atoms with Gasteiger partial charge in [0.15, 0.2) is 0 Å². The molecular weight excluding hydrogens is 236 g/mol. The topological polar surface area (TPSA) is 41.1 Å². The Kier molecular flexibility index (Phi) is 5.61. The second-order valence-electron chi connectivity index (χ2n) is 5.40. The molecule has 0 aliphatic carbocycles. The molecule has 3 nitrogen and oxygen atoms in total. The lowest BCUT2D eigenvalue weighted by molar-refractivity contribution is 0.255. The minimum absolute atomic E-state index is 0.201. The average molecular weight is 260 g/mol. The van der Waals surface area contributed by atoms with E-state index in [4.69, 9.17) is 0 Å². The highest BCUT2D eigenvalue weighted by atomic mass is 16.2. The van der Waals surface area contributed by atoms with Crippen LogP contribution < -0.4 is 10.6 Å². The van der Waals surface area contributed by atoms with Crippen molar-refractivity contribution in [1.82, 2.24) is 5.32 Å². The van der Waals surface area contributed by atoms with E-state index >= 15 is 0 Å². The number of rotatable bonds is 4. The van der Waals surface area contributed by atoms with Gasteiger partial charge in [-0.2, -0.15) is 0 Å². The van der Waals surface area contributed by atoms with Gasteiger partial charge in [-0.1, -0.05) is 52.0 Å². The minimum atomic E-state index is -0.201. The molecule has 0 bridgehead atoms. The summed E-state index contributed by atoms with van der Waals surface area (Å²) in [5.74, 6) is 0.798. The maximum atomic E-state index is 11.8. The Bertz CT molecular complexity index is 462. The van der Waals surface area contributed by atoms with Crippen molar-refractivity contribution in [3.8, 4) is 0 Å². The van der Waals surface area contributed by atoms with E-state index in [-0.39, 0.29) is 6.03 Å². The average Bonchev–Trinajstić information content (AvgIpc) is 2.30. The quantitative estimate of drug-likeness (QED) is 0.827. The van der Waals surface area contributed by atoms with Crippen LogP contribution in [0.15, 0.2) is 30.5 Å². The standard InChI is InChI=1S/C16H24N2O/c1-11(2)9-10-17-16(19)18-15-13(5)7-6-8-14(15)12(3)4/h6-12H,1-5H3,(H2,17,18,19)/b10-9+. The van der Waals surface area contributed by atoms with E-state index in [9.17, 15) is 4.79 Å². The van der Waals surface area contributed by atoms with Gasteiger partial charge in [0.25, 0.3) is 0 Å². The van der Waals surface area contributed by atoms with Gasteiger partial charge >= 0.3 is 6.03 Å². The van der Waals surface area contributed by atoms with E-state index in [0.717, 1.165) is 16.8 Å². The maximum Gasteiger partial charge on any atom is 0.323 e. The van der Waals surface area contributed by atoms with Crippen LogP contribution >= 0.6 is 0 Å². The van der Waals surface area contributed by atoms with Crippen molar-refractivity contribution in [2.45, 2.75) is 40.5 Å². The lowest BCUT2D eigenvalue weighted by Gasteiger charge is -2.16. The second kappa shape index (κ2) is 6.98. The van der Waals surface area contributed by atoms with E-state index in [0.29, 0.717) is 11.8 Å². The predicted octanol–water partition coefficient (Wildman–Crippen LogP) is 4.41. The van der Waals surface area contributed by atoms with Gasteiger partial charge in [0.1, 0.15) is 0 Å². The van der Waals surface area contributed by atoms with Crippen molar-refractivity contribution in [2.24, 2.45) is 5.92 Å². The number of para-hydroxylation sites is 1. The number of carbonyl (C=O) groups excluding carboxylic acids is 1. The van der Waals surface area contributed by atoms with Gasteiger partial charge in [-0.15, -0.1) is 0 Å². The molecule has 0 spiro atoms. The Morgan fingerprint density at radius 2 is 1.89 bits per heavy atom. The maximum absolute atomic E-state index is 11.8. The summed E-state index contributed by atoms with van der Waals surface area (Å²) in [6.07, 6.45) is 3.63. The van der Waals surface area contributed by atoms with Crippen molar-refractivity contribution < 1.29 is 4.79 Å². The zero-order valence-electron chi connectivity index (χ0n) is 12.4. The smallest absolute Gasteiger partial charge is 0.315 e. The number of nitrogens with one attached hydrogen (secondary N) is 2. The molecule has 2 amide bonds. The Labute approximate surface area is 116 Å². The molecule has 0 saturated heterocycles. The number of benzene rings is 1. The van der Waals surface area contributed by atoms with Crippen LogP contribution in [-0.2, 0) is 0 Å². The van der Waals surface area contributed by atoms with E-state index in [1.807, 2.05) is 25.1 Å². The van der Waals surface area contributed by atoms with Crippen LogP contribution in [0, 0.1) is 12.8 Å². The van der Waals surface area contributed by atoms with Gasteiger partial charge in [-0.05, 0) is 29.9 Å². The van der Waals surface area contributed by atoms with E-state index in [1.54, 1.807) is 6.20 Å². The summed E-state index contributed by atoms with van der Waals surface area (Å²) < 4.78 is 0. The zero-order valence-corrected chi connectivity index (χ0v) is 12.4. The fourth-order valence-electron chi connectivity index (χ4n) is 1.81. The Hall–Kier alpha value is -1.77. The molecule has 1 rings (SSSR count). The van der Waals surface area contributed by atoms with Crippen molar-refractivity contribution in [3.63, 3.8) is 0 Å². The lowest BCUT2D eigenvalue weighted by atomic mass is 9.98. The molecule has 0 aromatic heterocycles. The number of hydrogen-bond acceptors (Lipinski definition) is 1. The molecule has 0 fully saturated rings. The van der Waals surface area contributed by atoms with E-state index in [1.165, 1.54) is 0 Å². The van der Waals surface area contributed by atoms with E-state index < -0.39 is 0 Å². The summed E-state index contributed by atoms with van der Waals surface area (Å²) in [7, 11) is 0. The molecule has 1 aromatic rings. The third-order valence-electron chi connectivity index (χ3n) is 2.86. The fourth-order valence-corrected chi connectivity index (χ4v) is 1.81. The first kappa shape index (κ1) is 15.3. The molecule has 104 valence electrons. The van der Waals surface area contributed by atoms with Crippen LogP contribution in [0.2, 0.25) is 0 Å². The third-order valence-corrected chi connectivity index (χ3v) is 2.86. The molecule has 2 N–H and O–H groups in total. The van der Waals surface area contributed by atoms with Gasteiger partial charge in [-0.25, -0.2) is 4.79 Å². The Morgan fingerprint density at radius 1 is 1.21 bits per heavy atom. The first-order valence-electron chi connectivity index (χ1n) is 6.75. The van der Waals surface area contributed by atoms with Crippen molar-refractivity contribution in [2.75, 3.05) is 5.32 Å². The number of hydrogen-bond donors (Lipinski definition) is 2. The summed E-state index contributed by atoms with van der Waals surface area (Å²) in [4.78, 5) is 11.8. The zero-order chi connectivity index (χ0) is 14.4. The van der Waals surface area contributed by atoms with Crippen LogP contribution in [0.1, 0.15) is 44.7 Å². The van der Waals surface area contributed by atoms with Crippen LogP contribution in [0.3, 0.4) is 0 Å². The molecule has 1 aromatic carbocycles. The molecule has 0 saturated carbocycles. The van der Waals surface area contributed by atoms with Crippen LogP contribution in [0.5, 0.6) is 0 Å². The molecule has 19 heavy (non-hydrogen) atoms.